The van der Waals surface area contributed by atoms with Crippen LogP contribution in [0.5, 0.6) is 0 Å². The maximum atomic E-state index is 2.16. The molecule has 0 N–H and O–H groups in total. The van der Waals surface area contributed by atoms with Gasteiger partial charge in [-0.25, -0.2) is 0 Å². The highest BCUT2D eigenvalue weighted by atomic mass is 32.2. The summed E-state index contributed by atoms with van der Waals surface area (Å²) in [6, 6.07) is 12.6. The van der Waals surface area contributed by atoms with E-state index in [1.807, 2.05) is 23.5 Å². The van der Waals surface area contributed by atoms with Gasteiger partial charge in [0.2, 0.25) is 10.1 Å². The number of aryl methyl sites for hydroxylation is 2. The summed E-state index contributed by atoms with van der Waals surface area (Å²) in [5.41, 5.74) is 0. The van der Waals surface area contributed by atoms with Gasteiger partial charge in [-0.3, -0.25) is 0 Å². The molecule has 2 nitrogen and oxygen atoms in total. The summed E-state index contributed by atoms with van der Waals surface area (Å²) < 4.78 is 4.33. The van der Waals surface area contributed by atoms with Crippen molar-refractivity contribution in [3.8, 4) is 0 Å². The zero-order chi connectivity index (χ0) is 12.8. The molecule has 0 aliphatic heterocycles. The zero-order valence-corrected chi connectivity index (χ0v) is 12.4. The summed E-state index contributed by atoms with van der Waals surface area (Å²) in [5.74, 6) is 2.24. The third kappa shape index (κ3) is 3.75. The fraction of sp³-hybridized carbons (Fsp3) is 0.286. The van der Waals surface area contributed by atoms with Crippen LogP contribution in [-0.4, -0.2) is 11.5 Å². The van der Waals surface area contributed by atoms with Gasteiger partial charge in [-0.15, -0.1) is 0 Å². The third-order valence-electron chi connectivity index (χ3n) is 2.60. The van der Waals surface area contributed by atoms with E-state index in [0.717, 1.165) is 11.5 Å². The van der Waals surface area contributed by atoms with Crippen molar-refractivity contribution in [1.29, 1.82) is 0 Å². The monoisotopic (exact) mass is 278 g/mol. The van der Waals surface area contributed by atoms with Gasteiger partial charge in [-0.1, -0.05) is 23.5 Å². The van der Waals surface area contributed by atoms with E-state index in [0.29, 0.717) is 0 Å². The van der Waals surface area contributed by atoms with E-state index in [1.165, 1.54) is 10.1 Å². The highest BCUT2D eigenvalue weighted by Gasteiger charge is 2.08. The number of aromatic nitrogens is 2. The van der Waals surface area contributed by atoms with Crippen LogP contribution in [0.25, 0.3) is 0 Å². The van der Waals surface area contributed by atoms with E-state index in [9.17, 15) is 0 Å². The van der Waals surface area contributed by atoms with E-state index >= 15 is 0 Å². The van der Waals surface area contributed by atoms with Crippen LogP contribution in [-0.2, 0) is 14.1 Å². The van der Waals surface area contributed by atoms with E-state index < -0.39 is 0 Å². The highest BCUT2D eigenvalue weighted by molar-refractivity contribution is 8.02. The molecule has 0 bridgehead atoms. The zero-order valence-electron chi connectivity index (χ0n) is 10.7. The molecule has 0 unspecified atom stereocenters. The van der Waals surface area contributed by atoms with E-state index in [1.54, 1.807) is 0 Å². The number of hydrogen-bond acceptors (Lipinski definition) is 2. The summed E-state index contributed by atoms with van der Waals surface area (Å²) in [5, 5.41) is 2.63. The Morgan fingerprint density at radius 3 is 1.61 bits per heavy atom. The quantitative estimate of drug-likeness (QED) is 0.471. The molecule has 0 saturated carbocycles. The van der Waals surface area contributed by atoms with E-state index in [-0.39, 0.29) is 0 Å². The largest absolute Gasteiger partial charge is 0.239 e. The van der Waals surface area contributed by atoms with Gasteiger partial charge < -0.3 is 0 Å². The average molecular weight is 278 g/mol. The fourth-order valence-corrected chi connectivity index (χ4v) is 3.57. The van der Waals surface area contributed by atoms with Crippen LogP contribution < -0.4 is 9.13 Å². The Kier molecular flexibility index (Phi) is 5.08. The van der Waals surface area contributed by atoms with Crippen LogP contribution >= 0.6 is 23.5 Å². The second-order valence-electron chi connectivity index (χ2n) is 4.00. The van der Waals surface area contributed by atoms with Crippen molar-refractivity contribution < 1.29 is 9.13 Å². The maximum absolute atomic E-state index is 2.16. The Bertz CT molecular complexity index is 467. The molecule has 0 amide bonds. The minimum atomic E-state index is 1.12. The first kappa shape index (κ1) is 13.4. The molecule has 2 rings (SSSR count). The molecule has 94 valence electrons. The standard InChI is InChI=1S/C14H18N2S2/c1-15-9-5-3-7-13(15)17-11-12-18-14-8-4-6-10-16(14)2/h3-10H,11-12H2,1-2H3/q+2. The Balaban J connectivity index is 1.80. The summed E-state index contributed by atoms with van der Waals surface area (Å²) in [4.78, 5) is 0. The van der Waals surface area contributed by atoms with Gasteiger partial charge in [0.15, 0.2) is 12.4 Å². The minimum absolute atomic E-state index is 1.12. The molecule has 2 aromatic heterocycles. The SMILES string of the molecule is C[n+]1ccccc1SCCSc1cccc[n+]1C. The Morgan fingerprint density at radius 2 is 1.22 bits per heavy atom. The topological polar surface area (TPSA) is 7.76 Å². The normalized spacial score (nSPS) is 10.6. The summed E-state index contributed by atoms with van der Waals surface area (Å²) in [6.07, 6.45) is 4.18. The van der Waals surface area contributed by atoms with Crippen LogP contribution in [0.3, 0.4) is 0 Å². The van der Waals surface area contributed by atoms with Gasteiger partial charge in [0.25, 0.3) is 0 Å². The lowest BCUT2D eigenvalue weighted by Gasteiger charge is -2.00. The van der Waals surface area contributed by atoms with E-state index in [4.69, 9.17) is 0 Å². The predicted octanol–water partition coefficient (Wildman–Crippen LogP) is 2.22. The molecule has 0 aromatic carbocycles. The molecule has 4 heteroatoms. The molecule has 2 heterocycles. The average Bonchev–Trinajstić information content (AvgIpc) is 2.38. The molecular weight excluding hydrogens is 260 g/mol. The third-order valence-corrected chi connectivity index (χ3v) is 5.11. The lowest BCUT2D eigenvalue weighted by molar-refractivity contribution is -0.709. The van der Waals surface area contributed by atoms with E-state index in [2.05, 4.69) is 72.0 Å². The first-order chi connectivity index (χ1) is 8.77. The number of pyridine rings is 2. The molecule has 0 aliphatic carbocycles. The molecule has 0 fully saturated rings. The Morgan fingerprint density at radius 1 is 0.778 bits per heavy atom. The van der Waals surface area contributed by atoms with Crippen molar-refractivity contribution in [3.05, 3.63) is 48.8 Å². The number of nitrogens with zero attached hydrogens (tertiary/aromatic N) is 2. The Hall–Kier alpha value is -1.00. The second kappa shape index (κ2) is 6.81. The molecule has 2 aromatic rings. The fourth-order valence-electron chi connectivity index (χ4n) is 1.61. The summed E-state index contributed by atoms with van der Waals surface area (Å²) in [7, 11) is 4.18. The molecule has 0 spiro atoms. The van der Waals surface area contributed by atoms with Crippen molar-refractivity contribution >= 4 is 23.5 Å². The summed E-state index contributed by atoms with van der Waals surface area (Å²) >= 11 is 3.81. The maximum Gasteiger partial charge on any atom is 0.239 e. The first-order valence-electron chi connectivity index (χ1n) is 5.92. The number of rotatable bonds is 5. The van der Waals surface area contributed by atoms with Crippen LogP contribution in [0.15, 0.2) is 58.8 Å². The van der Waals surface area contributed by atoms with Crippen molar-refractivity contribution in [3.63, 3.8) is 0 Å². The van der Waals surface area contributed by atoms with Crippen LogP contribution in [0, 0.1) is 0 Å². The number of hydrogen-bond donors (Lipinski definition) is 0. The molecule has 18 heavy (non-hydrogen) atoms. The van der Waals surface area contributed by atoms with Gasteiger partial charge in [0, 0.05) is 35.8 Å². The minimum Gasteiger partial charge on any atom is -0.196 e. The summed E-state index contributed by atoms with van der Waals surface area (Å²) in [6.45, 7) is 0. The van der Waals surface area contributed by atoms with Crippen LogP contribution in [0.2, 0.25) is 0 Å². The second-order valence-corrected chi connectivity index (χ2v) is 6.23. The molecule has 0 atom stereocenters. The van der Waals surface area contributed by atoms with Crippen LogP contribution in [0.4, 0.5) is 0 Å². The van der Waals surface area contributed by atoms with Crippen molar-refractivity contribution in [2.24, 2.45) is 14.1 Å². The first-order valence-corrected chi connectivity index (χ1v) is 7.89. The smallest absolute Gasteiger partial charge is 0.196 e. The molecule has 0 saturated heterocycles. The highest BCUT2D eigenvalue weighted by Crippen LogP contribution is 2.18. The molecule has 0 aliphatic rings. The van der Waals surface area contributed by atoms with Gasteiger partial charge in [0.05, 0.1) is 0 Å². The lowest BCUT2D eigenvalue weighted by Crippen LogP contribution is -2.30. The van der Waals surface area contributed by atoms with Gasteiger partial charge in [0.1, 0.15) is 14.1 Å². The van der Waals surface area contributed by atoms with Crippen molar-refractivity contribution in [1.82, 2.24) is 0 Å². The predicted molar refractivity (Wildman–Crippen MR) is 76.7 cm³/mol. The van der Waals surface area contributed by atoms with Crippen molar-refractivity contribution in [2.75, 3.05) is 11.5 Å². The Labute approximate surface area is 117 Å². The van der Waals surface area contributed by atoms with Crippen molar-refractivity contribution in [2.45, 2.75) is 10.1 Å². The molecule has 0 radical (unpaired) electrons. The lowest BCUT2D eigenvalue weighted by atomic mass is 10.5. The van der Waals surface area contributed by atoms with Gasteiger partial charge in [-0.2, -0.15) is 9.13 Å². The van der Waals surface area contributed by atoms with Crippen LogP contribution in [0.1, 0.15) is 0 Å². The van der Waals surface area contributed by atoms with Gasteiger partial charge >= 0.3 is 0 Å². The number of thioether (sulfide) groups is 2. The van der Waals surface area contributed by atoms with Gasteiger partial charge in [-0.05, 0) is 12.1 Å². The molecular formula is C14H18N2S2+2.